The van der Waals surface area contributed by atoms with Crippen LogP contribution in [-0.2, 0) is 14.4 Å². The summed E-state index contributed by atoms with van der Waals surface area (Å²) in [6.45, 7) is 4.72. The topological polar surface area (TPSA) is 182 Å². The van der Waals surface area contributed by atoms with Crippen LogP contribution in [0.25, 0.3) is 0 Å². The predicted molar refractivity (Wildman–Crippen MR) is 99.3 cm³/mol. The largest absolute Gasteiger partial charge is 0.480 e. The van der Waals surface area contributed by atoms with Gasteiger partial charge in [0, 0.05) is 6.54 Å². The number of hydrogen-bond acceptors (Lipinski definition) is 5. The van der Waals surface area contributed by atoms with E-state index in [0.717, 1.165) is 6.42 Å². The van der Waals surface area contributed by atoms with Crippen molar-refractivity contribution < 1.29 is 29.6 Å². The van der Waals surface area contributed by atoms with Crippen molar-refractivity contribution in [3.05, 3.63) is 0 Å². The summed E-state index contributed by atoms with van der Waals surface area (Å²) in [5.41, 5.74) is 10.5. The third-order valence-corrected chi connectivity index (χ3v) is 3.90. The lowest BCUT2D eigenvalue weighted by molar-refractivity contribution is -0.459. The Morgan fingerprint density at radius 1 is 1.15 bits per heavy atom. The number of carboxylic acids is 1. The van der Waals surface area contributed by atoms with Gasteiger partial charge in [-0.05, 0) is 25.2 Å². The number of amides is 2. The molecule has 0 aromatic rings. The number of thiol groups is 1. The highest BCUT2D eigenvalue weighted by molar-refractivity contribution is 7.81. The minimum Gasteiger partial charge on any atom is -0.480 e. The van der Waals surface area contributed by atoms with Gasteiger partial charge in [-0.1, -0.05) is 13.8 Å². The van der Waals surface area contributed by atoms with Crippen molar-refractivity contribution in [1.82, 2.24) is 10.6 Å². The van der Waals surface area contributed by atoms with Crippen LogP contribution in [0, 0.1) is 5.92 Å². The maximum atomic E-state index is 12.3. The second kappa shape index (κ2) is 12.4. The molecule has 10 nitrogen and oxygen atoms in total. The Morgan fingerprint density at radius 3 is 2.27 bits per heavy atom. The van der Waals surface area contributed by atoms with E-state index in [1.165, 1.54) is 0 Å². The van der Waals surface area contributed by atoms with Gasteiger partial charge in [0.1, 0.15) is 11.3 Å². The van der Waals surface area contributed by atoms with Crippen LogP contribution in [0.15, 0.2) is 0 Å². The van der Waals surface area contributed by atoms with E-state index in [9.17, 15) is 19.5 Å². The van der Waals surface area contributed by atoms with Crippen molar-refractivity contribution in [1.29, 1.82) is 0 Å². The molecule has 0 bridgehead atoms. The first kappa shape index (κ1) is 24.0. The van der Waals surface area contributed by atoms with Crippen LogP contribution in [0.2, 0.25) is 0 Å². The molecule has 0 spiro atoms. The minimum absolute atomic E-state index is 0.0988. The zero-order valence-corrected chi connectivity index (χ0v) is 16.0. The molecule has 150 valence electrons. The van der Waals surface area contributed by atoms with Crippen LogP contribution >= 0.6 is 12.6 Å². The summed E-state index contributed by atoms with van der Waals surface area (Å²) >= 11 is 3.67. The van der Waals surface area contributed by atoms with Crippen LogP contribution in [-0.4, -0.2) is 64.4 Å². The van der Waals surface area contributed by atoms with Crippen LogP contribution in [0.3, 0.4) is 0 Å². The van der Waals surface area contributed by atoms with E-state index in [0.29, 0.717) is 25.9 Å². The van der Waals surface area contributed by atoms with Crippen molar-refractivity contribution in [2.75, 3.05) is 13.1 Å². The normalized spacial score (nSPS) is 14.2. The smallest absolute Gasteiger partial charge is 0.338 e. The summed E-state index contributed by atoms with van der Waals surface area (Å²) in [6, 6.07) is -0.877. The minimum atomic E-state index is -1.86. The van der Waals surface area contributed by atoms with Crippen LogP contribution in [0.5, 0.6) is 0 Å². The lowest BCUT2D eigenvalue weighted by Crippen LogP contribution is -2.78. The summed E-state index contributed by atoms with van der Waals surface area (Å²) < 4.78 is 0. The number of hydrogen-bond donors (Lipinski definition) is 8. The molecule has 0 saturated carbocycles. The summed E-state index contributed by atoms with van der Waals surface area (Å²) in [5.74, 6) is -2.54. The van der Waals surface area contributed by atoms with Crippen LogP contribution in [0.4, 0.5) is 0 Å². The molecular formula is C15H30N5O5S+. The van der Waals surface area contributed by atoms with E-state index in [-0.39, 0.29) is 11.9 Å². The van der Waals surface area contributed by atoms with Gasteiger partial charge in [0.2, 0.25) is 5.91 Å². The average Bonchev–Trinajstić information content (AvgIpc) is 2.54. The number of aliphatic hydroxyl groups excluding tert-OH is 1. The first-order valence-corrected chi connectivity index (χ1v) is 8.86. The molecular weight excluding hydrogens is 362 g/mol. The number of rotatable bonds is 12. The van der Waals surface area contributed by atoms with Gasteiger partial charge in [-0.15, -0.1) is 0 Å². The number of unbranched alkanes of at least 4 members (excludes halogenated alkanes) is 1. The highest BCUT2D eigenvalue weighted by Gasteiger charge is 2.31. The van der Waals surface area contributed by atoms with E-state index in [1.54, 1.807) is 0 Å². The molecule has 9 N–H and O–H groups in total. The van der Waals surface area contributed by atoms with E-state index >= 15 is 0 Å². The molecule has 3 atom stereocenters. The second-order valence-corrected chi connectivity index (χ2v) is 6.86. The Labute approximate surface area is 158 Å². The van der Waals surface area contributed by atoms with E-state index < -0.39 is 35.2 Å². The predicted octanol–water partition coefficient (Wildman–Crippen LogP) is -3.49. The van der Waals surface area contributed by atoms with Gasteiger partial charge in [0.05, 0.1) is 6.54 Å². The molecule has 26 heavy (non-hydrogen) atoms. The highest BCUT2D eigenvalue weighted by atomic mass is 32.1. The van der Waals surface area contributed by atoms with Gasteiger partial charge in [-0.3, -0.25) is 30.8 Å². The Kier molecular flexibility index (Phi) is 11.4. The molecule has 0 rings (SSSR count). The fraction of sp³-hybridized carbons (Fsp3) is 0.733. The van der Waals surface area contributed by atoms with Gasteiger partial charge >= 0.3 is 11.9 Å². The Bertz CT molecular complexity index is 511. The lowest BCUT2D eigenvalue weighted by atomic mass is 10.0. The van der Waals surface area contributed by atoms with Crippen molar-refractivity contribution in [3.63, 3.8) is 0 Å². The number of aliphatic carboxylic acids is 1. The number of nitrogens with one attached hydrogen (secondary N) is 3. The molecule has 0 unspecified atom stereocenters. The summed E-state index contributed by atoms with van der Waals surface area (Å²) in [6.07, 6.45) is -0.107. The third kappa shape index (κ3) is 10.1. The standard InChI is InChI=1S/C15H29N5O5S/c1-8(2)7-9(20-13(23)10(21)11(26)14(24)25)12(22)18-5-3-4-6-19-15(16)17/h8-11,21,26H,3-7H2,1-2H3,(H,18,22)(H,20,23)(H,24,25)(H4,16,17,19)/p+1/t9-,10-,11+/m0/s1. The number of carboxylic acid groups (broad SMARTS) is 1. The highest BCUT2D eigenvalue weighted by Crippen LogP contribution is 2.08. The first-order chi connectivity index (χ1) is 12.1. The number of nitrogens with two attached hydrogens (primary N) is 2. The molecule has 0 aliphatic carbocycles. The Morgan fingerprint density at radius 2 is 1.77 bits per heavy atom. The van der Waals surface area contributed by atoms with Crippen molar-refractivity contribution in [2.24, 2.45) is 17.4 Å². The maximum absolute atomic E-state index is 12.3. The van der Waals surface area contributed by atoms with E-state index in [1.807, 2.05) is 13.8 Å². The summed E-state index contributed by atoms with van der Waals surface area (Å²) in [7, 11) is 0. The van der Waals surface area contributed by atoms with Gasteiger partial charge in [0.15, 0.2) is 6.10 Å². The Hall–Kier alpha value is -2.01. The number of guanidine groups is 1. The fourth-order valence-corrected chi connectivity index (χ4v) is 2.19. The monoisotopic (exact) mass is 392 g/mol. The summed E-state index contributed by atoms with van der Waals surface area (Å²) in [5, 5.41) is 22.0. The average molecular weight is 393 g/mol. The van der Waals surface area contributed by atoms with Crippen molar-refractivity contribution in [3.8, 4) is 0 Å². The van der Waals surface area contributed by atoms with Gasteiger partial charge in [0.25, 0.3) is 5.91 Å². The maximum Gasteiger partial charge on any atom is 0.338 e. The molecule has 2 amide bonds. The lowest BCUT2D eigenvalue weighted by Gasteiger charge is -2.22. The molecule has 0 aromatic heterocycles. The van der Waals surface area contributed by atoms with Gasteiger partial charge < -0.3 is 20.8 Å². The molecule has 0 saturated heterocycles. The number of carbonyl (C=O) groups is 3. The van der Waals surface area contributed by atoms with E-state index in [2.05, 4.69) is 28.3 Å². The van der Waals surface area contributed by atoms with Crippen molar-refractivity contribution >= 4 is 36.4 Å². The zero-order valence-electron chi connectivity index (χ0n) is 15.1. The van der Waals surface area contributed by atoms with Crippen LogP contribution < -0.4 is 27.1 Å². The molecule has 0 fully saturated rings. The first-order valence-electron chi connectivity index (χ1n) is 8.35. The molecule has 0 heterocycles. The van der Waals surface area contributed by atoms with Gasteiger partial charge in [-0.2, -0.15) is 12.6 Å². The number of aliphatic hydroxyl groups is 1. The molecule has 0 aliphatic heterocycles. The number of carbonyl (C=O) groups excluding carboxylic acids is 2. The molecule has 11 heteroatoms. The van der Waals surface area contributed by atoms with Crippen molar-refractivity contribution in [2.45, 2.75) is 50.5 Å². The van der Waals surface area contributed by atoms with Gasteiger partial charge in [-0.25, -0.2) is 0 Å². The zero-order chi connectivity index (χ0) is 20.3. The summed E-state index contributed by atoms with van der Waals surface area (Å²) in [4.78, 5) is 37.8. The second-order valence-electron chi connectivity index (χ2n) is 6.30. The SMILES string of the molecule is CC(C)C[C@H](NC(=O)[C@@H](O)[C@@H](S)C(=O)O)C(=O)NCCCC[NH+]=C(N)N. The Balaban J connectivity index is 4.58. The molecule has 0 radical (unpaired) electrons. The quantitative estimate of drug-likeness (QED) is 0.0734. The molecule has 0 aliphatic rings. The molecule has 0 aromatic carbocycles. The fourth-order valence-electron chi connectivity index (χ4n) is 2.06. The van der Waals surface area contributed by atoms with Crippen LogP contribution in [0.1, 0.15) is 33.1 Å². The third-order valence-electron chi connectivity index (χ3n) is 3.39. The van der Waals surface area contributed by atoms with E-state index in [4.69, 9.17) is 16.6 Å².